The molecule has 1 aliphatic rings. The van der Waals surface area contributed by atoms with Crippen LogP contribution in [0.3, 0.4) is 0 Å². The second-order valence-corrected chi connectivity index (χ2v) is 11.1. The van der Waals surface area contributed by atoms with Gasteiger partial charge in [0.2, 0.25) is 5.54 Å². The Bertz CT molecular complexity index is 1400. The molecular weight excluding hydrogens is 385 g/mol. The zero-order valence-corrected chi connectivity index (χ0v) is 19.0. The van der Waals surface area contributed by atoms with Crippen LogP contribution in [-0.2, 0) is 13.5 Å². The van der Waals surface area contributed by atoms with E-state index in [4.69, 9.17) is 11.6 Å². The minimum atomic E-state index is -0.507. The second kappa shape index (κ2) is 6.59. The van der Waals surface area contributed by atoms with Gasteiger partial charge < -0.3 is 4.85 Å². The lowest BCUT2D eigenvalue weighted by Gasteiger charge is -2.27. The normalized spacial score (nSPS) is 15.3. The van der Waals surface area contributed by atoms with Crippen LogP contribution in [0.15, 0.2) is 48.8 Å². The highest BCUT2D eigenvalue weighted by Gasteiger charge is 2.33. The van der Waals surface area contributed by atoms with Gasteiger partial charge in [-0.1, -0.05) is 24.3 Å². The Labute approximate surface area is 179 Å². The van der Waals surface area contributed by atoms with Crippen LogP contribution in [0.2, 0.25) is 0 Å². The Balaban J connectivity index is 1.87. The number of aromatic nitrogens is 2. The van der Waals surface area contributed by atoms with Crippen molar-refractivity contribution < 1.29 is 4.57 Å². The molecule has 0 saturated heterocycles. The SMILES string of the molecule is [C-]#[N+]C(C)(C)Cc1cc2c3c([n+](C)cnc3c1)-c1c(cc3ccccc3c1C)P2C. The van der Waals surface area contributed by atoms with Crippen molar-refractivity contribution >= 4 is 40.2 Å². The maximum Gasteiger partial charge on any atom is 0.287 e. The fourth-order valence-electron chi connectivity index (χ4n) is 4.81. The third kappa shape index (κ3) is 2.75. The van der Waals surface area contributed by atoms with Gasteiger partial charge >= 0.3 is 0 Å². The van der Waals surface area contributed by atoms with Gasteiger partial charge in [0.1, 0.15) is 5.69 Å². The number of nitrogens with zero attached hydrogens (tertiary/aromatic N) is 3. The van der Waals surface area contributed by atoms with Crippen molar-refractivity contribution in [3.8, 4) is 11.3 Å². The first-order chi connectivity index (χ1) is 14.3. The van der Waals surface area contributed by atoms with Crippen LogP contribution in [0.25, 0.3) is 37.8 Å². The van der Waals surface area contributed by atoms with E-state index in [2.05, 4.69) is 72.5 Å². The van der Waals surface area contributed by atoms with Crippen LogP contribution < -0.4 is 15.2 Å². The van der Waals surface area contributed by atoms with Crippen molar-refractivity contribution in [1.82, 2.24) is 4.98 Å². The molecule has 0 N–H and O–H groups in total. The Morgan fingerprint density at radius 2 is 1.90 bits per heavy atom. The summed E-state index contributed by atoms with van der Waals surface area (Å²) in [5.41, 5.74) is 5.84. The summed E-state index contributed by atoms with van der Waals surface area (Å²) in [7, 11) is 1.59. The molecule has 1 aliphatic heterocycles. The number of hydrogen-bond donors (Lipinski definition) is 0. The first kappa shape index (κ1) is 19.2. The summed E-state index contributed by atoms with van der Waals surface area (Å²) >= 11 is 0. The molecule has 1 unspecified atom stereocenters. The Morgan fingerprint density at radius 1 is 1.13 bits per heavy atom. The lowest BCUT2D eigenvalue weighted by Crippen LogP contribution is -2.37. The van der Waals surface area contributed by atoms with Crippen LogP contribution in [-0.4, -0.2) is 17.2 Å². The average molecular weight is 410 g/mol. The molecule has 148 valence electrons. The fraction of sp³-hybridized carbons (Fsp3) is 0.269. The van der Waals surface area contributed by atoms with Crippen LogP contribution in [0.4, 0.5) is 0 Å². The van der Waals surface area contributed by atoms with Gasteiger partial charge in [-0.05, 0) is 77.2 Å². The van der Waals surface area contributed by atoms with Gasteiger partial charge in [-0.25, -0.2) is 11.1 Å². The maximum atomic E-state index is 7.54. The summed E-state index contributed by atoms with van der Waals surface area (Å²) < 4.78 is 2.18. The molecule has 1 aromatic heterocycles. The van der Waals surface area contributed by atoms with Crippen molar-refractivity contribution in [1.29, 1.82) is 0 Å². The quantitative estimate of drug-likeness (QED) is 0.264. The highest BCUT2D eigenvalue weighted by molar-refractivity contribution is 7.73. The topological polar surface area (TPSA) is 21.1 Å². The summed E-state index contributed by atoms with van der Waals surface area (Å²) in [6, 6.07) is 15.6. The van der Waals surface area contributed by atoms with E-state index in [-0.39, 0.29) is 0 Å². The van der Waals surface area contributed by atoms with Gasteiger partial charge in [-0.2, -0.15) is 0 Å². The van der Waals surface area contributed by atoms with Crippen molar-refractivity contribution in [2.75, 3.05) is 6.66 Å². The molecule has 0 bridgehead atoms. The number of fused-ring (bicyclic) bond motifs is 3. The minimum absolute atomic E-state index is 0.404. The Morgan fingerprint density at radius 3 is 2.67 bits per heavy atom. The molecule has 4 aromatic rings. The summed E-state index contributed by atoms with van der Waals surface area (Å²) in [5, 5.41) is 6.75. The zero-order valence-electron chi connectivity index (χ0n) is 18.1. The summed E-state index contributed by atoms with van der Waals surface area (Å²) in [4.78, 5) is 8.62. The van der Waals surface area contributed by atoms with Gasteiger partial charge in [-0.3, -0.25) is 0 Å². The van der Waals surface area contributed by atoms with Gasteiger partial charge in [0, 0.05) is 19.4 Å². The molecule has 5 rings (SSSR count). The summed E-state index contributed by atoms with van der Waals surface area (Å²) in [6.07, 6.45) is 2.68. The molecule has 0 radical (unpaired) electrons. The first-order valence-corrected chi connectivity index (χ1v) is 12.1. The molecule has 0 saturated carbocycles. The Hall–Kier alpha value is -2.82. The van der Waals surface area contributed by atoms with E-state index in [1.54, 1.807) is 0 Å². The third-order valence-electron chi connectivity index (χ3n) is 6.30. The molecule has 0 amide bonds. The maximum absolute atomic E-state index is 7.54. The highest BCUT2D eigenvalue weighted by atomic mass is 31.1. The van der Waals surface area contributed by atoms with Gasteiger partial charge in [0.05, 0.1) is 18.9 Å². The van der Waals surface area contributed by atoms with Gasteiger partial charge in [0.25, 0.3) is 6.33 Å². The monoisotopic (exact) mass is 410 g/mol. The van der Waals surface area contributed by atoms with Crippen LogP contribution in [0, 0.1) is 13.5 Å². The molecule has 0 spiro atoms. The highest BCUT2D eigenvalue weighted by Crippen LogP contribution is 2.45. The van der Waals surface area contributed by atoms with Gasteiger partial charge in [-0.15, -0.1) is 0 Å². The van der Waals surface area contributed by atoms with E-state index >= 15 is 0 Å². The predicted octanol–water partition coefficient (Wildman–Crippen LogP) is 4.80. The molecule has 0 aliphatic carbocycles. The van der Waals surface area contributed by atoms with Crippen molar-refractivity contribution in [2.45, 2.75) is 32.7 Å². The molecular formula is C26H25N3P+. The molecule has 2 heterocycles. The van der Waals surface area contributed by atoms with Crippen molar-refractivity contribution in [3.63, 3.8) is 0 Å². The second-order valence-electron chi connectivity index (χ2n) is 8.99. The molecule has 30 heavy (non-hydrogen) atoms. The van der Waals surface area contributed by atoms with E-state index < -0.39 is 13.5 Å². The molecule has 1 atom stereocenters. The van der Waals surface area contributed by atoms with Crippen LogP contribution in [0.5, 0.6) is 0 Å². The molecule has 3 aromatic carbocycles. The molecule has 0 fully saturated rings. The van der Waals surface area contributed by atoms with E-state index in [1.807, 2.05) is 20.2 Å². The smallest absolute Gasteiger partial charge is 0.287 e. The standard InChI is InChI=1S/C26H25N3P/c1-16-19-10-8-7-9-18(19)13-22-23(16)25-24-20(28-15-29(25)5)11-17(12-21(24)30(22)6)14-26(2,3)27-4/h7-13,15H,14H2,1-3,5-6H3/q+1. The van der Waals surface area contributed by atoms with E-state index in [0.29, 0.717) is 0 Å². The largest absolute Gasteiger partial charge is 0.311 e. The summed E-state index contributed by atoms with van der Waals surface area (Å²) in [6.45, 7) is 16.2. The van der Waals surface area contributed by atoms with Crippen LogP contribution >= 0.6 is 7.92 Å². The van der Waals surface area contributed by atoms with Gasteiger partial charge in [0.15, 0.2) is 5.52 Å². The lowest BCUT2D eigenvalue weighted by molar-refractivity contribution is -0.662. The van der Waals surface area contributed by atoms with E-state index in [1.165, 1.54) is 49.2 Å². The number of hydrogen-bond acceptors (Lipinski definition) is 1. The van der Waals surface area contributed by atoms with Crippen molar-refractivity contribution in [2.24, 2.45) is 7.05 Å². The average Bonchev–Trinajstić information content (AvgIpc) is 2.73. The third-order valence-corrected chi connectivity index (χ3v) is 8.45. The number of benzene rings is 3. The molecule has 3 nitrogen and oxygen atoms in total. The lowest BCUT2D eigenvalue weighted by atomic mass is 9.92. The number of rotatable bonds is 2. The predicted molar refractivity (Wildman–Crippen MR) is 127 cm³/mol. The minimum Gasteiger partial charge on any atom is -0.311 e. The number of aryl methyl sites for hydroxylation is 2. The van der Waals surface area contributed by atoms with E-state index in [0.717, 1.165) is 11.9 Å². The Kier molecular flexibility index (Phi) is 4.21. The zero-order chi connectivity index (χ0) is 21.2. The van der Waals surface area contributed by atoms with Crippen molar-refractivity contribution in [3.05, 3.63) is 71.3 Å². The van der Waals surface area contributed by atoms with Crippen LogP contribution in [0.1, 0.15) is 25.0 Å². The molecule has 4 heteroatoms. The fourth-order valence-corrected chi connectivity index (χ4v) is 6.92. The first-order valence-electron chi connectivity index (χ1n) is 10.3. The summed E-state index contributed by atoms with van der Waals surface area (Å²) in [5.74, 6) is 0. The van der Waals surface area contributed by atoms with E-state index in [9.17, 15) is 0 Å².